The number of hydrogen-bond acceptors (Lipinski definition) is 4. The number of carboxylic acids is 1. The lowest BCUT2D eigenvalue weighted by atomic mass is 10.0. The van der Waals surface area contributed by atoms with E-state index in [2.05, 4.69) is 72.7 Å². The number of rotatable bonds is 9. The Labute approximate surface area is 198 Å². The number of aromatic amines is 1. The van der Waals surface area contributed by atoms with Gasteiger partial charge in [-0.2, -0.15) is 0 Å². The summed E-state index contributed by atoms with van der Waals surface area (Å²) in [6.45, 7) is 3.78. The highest BCUT2D eigenvalue weighted by Crippen LogP contribution is 2.31. The van der Waals surface area contributed by atoms with Gasteiger partial charge in [0.25, 0.3) is 0 Å². The fourth-order valence-corrected chi connectivity index (χ4v) is 3.82. The summed E-state index contributed by atoms with van der Waals surface area (Å²) in [5.41, 5.74) is 8.64. The van der Waals surface area contributed by atoms with Crippen LogP contribution in [-0.2, 0) is 16.0 Å². The van der Waals surface area contributed by atoms with Gasteiger partial charge in [-0.1, -0.05) is 59.7 Å². The number of carbonyl (C=O) groups is 2. The van der Waals surface area contributed by atoms with Crippen molar-refractivity contribution in [3.8, 4) is 22.5 Å². The van der Waals surface area contributed by atoms with Crippen molar-refractivity contribution in [1.82, 2.24) is 20.3 Å². The van der Waals surface area contributed by atoms with Gasteiger partial charge in [-0.05, 0) is 39.2 Å². The zero-order valence-corrected chi connectivity index (χ0v) is 19.4. The van der Waals surface area contributed by atoms with Gasteiger partial charge >= 0.3 is 5.97 Å². The Balaban J connectivity index is 1.56. The number of benzene rings is 2. The molecule has 0 aliphatic heterocycles. The molecule has 7 heteroatoms. The highest BCUT2D eigenvalue weighted by Gasteiger charge is 2.15. The van der Waals surface area contributed by atoms with Crippen LogP contribution in [0, 0.1) is 13.8 Å². The molecule has 0 saturated heterocycles. The second-order valence-electron chi connectivity index (χ2n) is 8.56. The predicted molar refractivity (Wildman–Crippen MR) is 132 cm³/mol. The zero-order valence-electron chi connectivity index (χ0n) is 19.4. The topological polar surface area (TPSA) is 108 Å². The van der Waals surface area contributed by atoms with Gasteiger partial charge in [0, 0.05) is 23.2 Å². The Bertz CT molecular complexity index is 1230. The lowest BCUT2D eigenvalue weighted by Gasteiger charge is -2.09. The summed E-state index contributed by atoms with van der Waals surface area (Å²) < 4.78 is 0. The average Bonchev–Trinajstić information content (AvgIpc) is 3.22. The molecular weight excluding hydrogens is 428 g/mol. The molecular formula is C27H28N4O3. The van der Waals surface area contributed by atoms with Crippen LogP contribution in [0.1, 0.15) is 36.1 Å². The second-order valence-corrected chi connectivity index (χ2v) is 8.56. The van der Waals surface area contributed by atoms with Gasteiger partial charge in [0.15, 0.2) is 5.65 Å². The van der Waals surface area contributed by atoms with Crippen LogP contribution in [0.5, 0.6) is 0 Å². The summed E-state index contributed by atoms with van der Waals surface area (Å²) in [6.07, 6.45) is 2.52. The van der Waals surface area contributed by atoms with E-state index < -0.39 is 5.97 Å². The number of nitrogens with zero attached hydrogens (tertiary/aromatic N) is 2. The number of hydrogen-bond donors (Lipinski definition) is 3. The maximum absolute atomic E-state index is 11.7. The molecule has 0 atom stereocenters. The fourth-order valence-electron chi connectivity index (χ4n) is 3.82. The van der Waals surface area contributed by atoms with E-state index in [1.807, 2.05) is 6.07 Å². The van der Waals surface area contributed by atoms with Crippen molar-refractivity contribution in [1.29, 1.82) is 0 Å². The Morgan fingerprint density at radius 3 is 2.06 bits per heavy atom. The molecule has 0 unspecified atom stereocenters. The number of nitrogens with one attached hydrogen (secondary N) is 2. The van der Waals surface area contributed by atoms with Crippen molar-refractivity contribution in [2.45, 2.75) is 39.5 Å². The van der Waals surface area contributed by atoms with Crippen molar-refractivity contribution in [2.75, 3.05) is 6.54 Å². The number of H-pyrrole nitrogens is 1. The maximum atomic E-state index is 11.7. The molecule has 1 amide bonds. The molecule has 4 rings (SSSR count). The molecule has 0 aliphatic carbocycles. The molecule has 174 valence electrons. The summed E-state index contributed by atoms with van der Waals surface area (Å²) in [4.78, 5) is 35.5. The van der Waals surface area contributed by atoms with Crippen molar-refractivity contribution < 1.29 is 14.7 Å². The van der Waals surface area contributed by atoms with Gasteiger partial charge in [0.05, 0.1) is 11.4 Å². The lowest BCUT2D eigenvalue weighted by molar-refractivity contribution is -0.137. The van der Waals surface area contributed by atoms with E-state index in [9.17, 15) is 9.59 Å². The number of carbonyl (C=O) groups excluding carboxylic acids is 1. The minimum Gasteiger partial charge on any atom is -0.480 e. The van der Waals surface area contributed by atoms with Gasteiger partial charge in [0.2, 0.25) is 5.91 Å². The van der Waals surface area contributed by atoms with Crippen molar-refractivity contribution in [3.63, 3.8) is 0 Å². The third-order valence-electron chi connectivity index (χ3n) is 5.70. The second kappa shape index (κ2) is 10.3. The largest absolute Gasteiger partial charge is 0.480 e. The van der Waals surface area contributed by atoms with Crippen LogP contribution in [0.25, 0.3) is 33.7 Å². The Morgan fingerprint density at radius 2 is 1.47 bits per heavy atom. The van der Waals surface area contributed by atoms with Gasteiger partial charge < -0.3 is 15.4 Å². The van der Waals surface area contributed by atoms with Gasteiger partial charge in [-0.25, -0.2) is 9.97 Å². The quantitative estimate of drug-likeness (QED) is 0.313. The first kappa shape index (κ1) is 23.2. The van der Waals surface area contributed by atoms with E-state index in [1.165, 1.54) is 11.1 Å². The monoisotopic (exact) mass is 456 g/mol. The molecule has 2 aromatic carbocycles. The number of aromatic nitrogens is 3. The molecule has 0 spiro atoms. The first-order chi connectivity index (χ1) is 16.4. The van der Waals surface area contributed by atoms with Crippen LogP contribution in [-0.4, -0.2) is 38.5 Å². The lowest BCUT2D eigenvalue weighted by Crippen LogP contribution is -2.28. The van der Waals surface area contributed by atoms with Gasteiger partial charge in [0.1, 0.15) is 12.1 Å². The number of unbranched alkanes of at least 4 members (excludes halogenated alkanes) is 1. The standard InChI is InChI=1S/C27H28N4O3/c1-17-7-11-19(12-8-17)25-26(20-13-9-18(2)10-14-20)31-27-22(30-25)15-21(29-27)5-3-4-6-23(32)28-16-24(33)34/h7-15H,3-6,16H2,1-2H3,(H,28,32)(H,29,31)(H,33,34). The molecule has 4 aromatic rings. The Hall–Kier alpha value is -4.00. The summed E-state index contributed by atoms with van der Waals surface area (Å²) >= 11 is 0. The molecule has 0 bridgehead atoms. The van der Waals surface area contributed by atoms with E-state index in [1.54, 1.807) is 0 Å². The first-order valence-corrected chi connectivity index (χ1v) is 11.4. The number of aryl methyl sites for hydroxylation is 3. The van der Waals surface area contributed by atoms with E-state index in [4.69, 9.17) is 15.1 Å². The molecule has 34 heavy (non-hydrogen) atoms. The van der Waals surface area contributed by atoms with E-state index in [0.717, 1.165) is 52.2 Å². The van der Waals surface area contributed by atoms with Gasteiger partial charge in [-0.3, -0.25) is 9.59 Å². The van der Waals surface area contributed by atoms with Crippen LogP contribution in [0.2, 0.25) is 0 Å². The highest BCUT2D eigenvalue weighted by molar-refractivity contribution is 5.85. The molecule has 2 heterocycles. The molecule has 3 N–H and O–H groups in total. The van der Waals surface area contributed by atoms with Crippen LogP contribution in [0.15, 0.2) is 54.6 Å². The molecule has 0 radical (unpaired) electrons. The highest BCUT2D eigenvalue weighted by atomic mass is 16.4. The Kier molecular flexibility index (Phi) is 7.01. The molecule has 7 nitrogen and oxygen atoms in total. The maximum Gasteiger partial charge on any atom is 0.322 e. The van der Waals surface area contributed by atoms with Crippen LogP contribution in [0.3, 0.4) is 0 Å². The van der Waals surface area contributed by atoms with Crippen LogP contribution >= 0.6 is 0 Å². The SMILES string of the molecule is Cc1ccc(-c2nc3cc(CCCCC(=O)NCC(=O)O)[nH]c3nc2-c2ccc(C)cc2)cc1. The fraction of sp³-hybridized carbons (Fsp3) is 0.259. The van der Waals surface area contributed by atoms with Crippen LogP contribution < -0.4 is 5.32 Å². The summed E-state index contributed by atoms with van der Waals surface area (Å²) in [5, 5.41) is 11.0. The number of carboxylic acid groups (broad SMARTS) is 1. The van der Waals surface area contributed by atoms with E-state index in [0.29, 0.717) is 12.8 Å². The zero-order chi connectivity index (χ0) is 24.1. The molecule has 0 saturated carbocycles. The third-order valence-corrected chi connectivity index (χ3v) is 5.70. The smallest absolute Gasteiger partial charge is 0.322 e. The predicted octanol–water partition coefficient (Wildman–Crippen LogP) is 4.82. The summed E-state index contributed by atoms with van der Waals surface area (Å²) in [6, 6.07) is 18.6. The summed E-state index contributed by atoms with van der Waals surface area (Å²) in [7, 11) is 0. The third kappa shape index (κ3) is 5.67. The average molecular weight is 457 g/mol. The number of fused-ring (bicyclic) bond motifs is 1. The van der Waals surface area contributed by atoms with Gasteiger partial charge in [-0.15, -0.1) is 0 Å². The number of aliphatic carboxylic acids is 1. The molecule has 2 aromatic heterocycles. The Morgan fingerprint density at radius 1 is 0.882 bits per heavy atom. The van der Waals surface area contributed by atoms with Crippen molar-refractivity contribution in [2.24, 2.45) is 0 Å². The number of amides is 1. The van der Waals surface area contributed by atoms with E-state index >= 15 is 0 Å². The molecule has 0 aliphatic rings. The van der Waals surface area contributed by atoms with E-state index in [-0.39, 0.29) is 12.5 Å². The minimum atomic E-state index is -1.04. The van der Waals surface area contributed by atoms with Crippen LogP contribution in [0.4, 0.5) is 0 Å². The normalized spacial score (nSPS) is 11.0. The first-order valence-electron chi connectivity index (χ1n) is 11.4. The molecule has 0 fully saturated rings. The van der Waals surface area contributed by atoms with Crippen molar-refractivity contribution in [3.05, 3.63) is 71.4 Å². The summed E-state index contributed by atoms with van der Waals surface area (Å²) in [5.74, 6) is -1.28. The van der Waals surface area contributed by atoms with Crippen molar-refractivity contribution >= 4 is 23.0 Å². The minimum absolute atomic E-state index is 0.243.